The van der Waals surface area contributed by atoms with E-state index in [0.29, 0.717) is 6.54 Å². The number of carbonyl (C=O) groups excluding carboxylic acids is 3. The third-order valence-corrected chi connectivity index (χ3v) is 3.32. The SMILES string of the molecule is CCCNC(=O)NC(=O)COC(=O)Cc1ccc2ccccc2c1. The summed E-state index contributed by atoms with van der Waals surface area (Å²) in [5.74, 6) is -1.18. The number of carbonyl (C=O) groups is 3. The van der Waals surface area contributed by atoms with E-state index in [0.717, 1.165) is 22.8 Å². The number of esters is 1. The molecule has 2 aromatic carbocycles. The summed E-state index contributed by atoms with van der Waals surface area (Å²) in [6.07, 6.45) is 0.836. The zero-order valence-electron chi connectivity index (χ0n) is 13.5. The quantitative estimate of drug-likeness (QED) is 0.796. The molecule has 0 bridgehead atoms. The highest BCUT2D eigenvalue weighted by molar-refractivity contribution is 5.95. The maximum atomic E-state index is 11.8. The molecule has 6 heteroatoms. The fourth-order valence-corrected chi connectivity index (χ4v) is 2.16. The van der Waals surface area contributed by atoms with Crippen molar-refractivity contribution >= 4 is 28.7 Å². The molecule has 0 unspecified atom stereocenters. The number of ether oxygens (including phenoxy) is 1. The van der Waals surface area contributed by atoms with Crippen LogP contribution in [0.25, 0.3) is 10.8 Å². The van der Waals surface area contributed by atoms with Gasteiger partial charge in [0.15, 0.2) is 6.61 Å². The van der Waals surface area contributed by atoms with Crippen molar-refractivity contribution in [3.05, 3.63) is 48.0 Å². The summed E-state index contributed by atoms with van der Waals surface area (Å²) in [7, 11) is 0. The fraction of sp³-hybridized carbons (Fsp3) is 0.278. The molecule has 0 atom stereocenters. The number of amides is 3. The summed E-state index contributed by atoms with van der Waals surface area (Å²) in [5, 5.41) is 6.71. The van der Waals surface area contributed by atoms with Gasteiger partial charge in [-0.1, -0.05) is 49.4 Å². The summed E-state index contributed by atoms with van der Waals surface area (Å²) in [6, 6.07) is 12.9. The molecule has 0 spiro atoms. The van der Waals surface area contributed by atoms with Gasteiger partial charge in [-0.3, -0.25) is 14.9 Å². The predicted molar refractivity (Wildman–Crippen MR) is 90.4 cm³/mol. The van der Waals surface area contributed by atoms with Gasteiger partial charge in [0.25, 0.3) is 5.91 Å². The first-order valence-electron chi connectivity index (χ1n) is 7.79. The average molecular weight is 328 g/mol. The lowest BCUT2D eigenvalue weighted by Crippen LogP contribution is -2.41. The molecule has 2 rings (SSSR count). The van der Waals surface area contributed by atoms with Gasteiger partial charge in [0.2, 0.25) is 0 Å². The van der Waals surface area contributed by atoms with E-state index in [1.54, 1.807) is 0 Å². The van der Waals surface area contributed by atoms with Crippen LogP contribution < -0.4 is 10.6 Å². The van der Waals surface area contributed by atoms with E-state index in [4.69, 9.17) is 4.74 Å². The normalized spacial score (nSPS) is 10.2. The zero-order valence-corrected chi connectivity index (χ0v) is 13.5. The molecule has 0 aliphatic rings. The number of imide groups is 1. The molecule has 2 aromatic rings. The van der Waals surface area contributed by atoms with E-state index in [-0.39, 0.29) is 6.42 Å². The largest absolute Gasteiger partial charge is 0.455 e. The number of benzene rings is 2. The Morgan fingerprint density at radius 3 is 2.54 bits per heavy atom. The Balaban J connectivity index is 1.79. The van der Waals surface area contributed by atoms with E-state index >= 15 is 0 Å². The van der Waals surface area contributed by atoms with E-state index in [1.165, 1.54) is 0 Å². The van der Waals surface area contributed by atoms with Crippen molar-refractivity contribution in [2.45, 2.75) is 19.8 Å². The Morgan fingerprint density at radius 1 is 1.04 bits per heavy atom. The maximum absolute atomic E-state index is 11.8. The smallest absolute Gasteiger partial charge is 0.321 e. The fourth-order valence-electron chi connectivity index (χ4n) is 2.16. The molecule has 0 fully saturated rings. The van der Waals surface area contributed by atoms with Gasteiger partial charge in [0, 0.05) is 6.54 Å². The standard InChI is InChI=1S/C18H20N2O4/c1-2-9-19-18(23)20-16(21)12-24-17(22)11-13-7-8-14-5-3-4-6-15(14)10-13/h3-8,10H,2,9,11-12H2,1H3,(H2,19,20,21,23). The van der Waals surface area contributed by atoms with Gasteiger partial charge < -0.3 is 10.1 Å². The van der Waals surface area contributed by atoms with Crippen LogP contribution >= 0.6 is 0 Å². The van der Waals surface area contributed by atoms with Crippen LogP contribution in [0.2, 0.25) is 0 Å². The summed E-state index contributed by atoms with van der Waals surface area (Å²) < 4.78 is 4.89. The minimum Gasteiger partial charge on any atom is -0.455 e. The highest BCUT2D eigenvalue weighted by Crippen LogP contribution is 2.16. The second-order valence-electron chi connectivity index (χ2n) is 5.32. The van der Waals surface area contributed by atoms with E-state index in [2.05, 4.69) is 10.6 Å². The molecular weight excluding hydrogens is 308 g/mol. The summed E-state index contributed by atoms with van der Waals surface area (Å²) in [6.45, 7) is 1.89. The zero-order chi connectivity index (χ0) is 17.4. The van der Waals surface area contributed by atoms with Gasteiger partial charge in [0.05, 0.1) is 6.42 Å². The lowest BCUT2D eigenvalue weighted by atomic mass is 10.1. The highest BCUT2D eigenvalue weighted by atomic mass is 16.5. The molecule has 0 saturated heterocycles. The first kappa shape index (κ1) is 17.5. The number of nitrogens with one attached hydrogen (secondary N) is 2. The summed E-state index contributed by atoms with van der Waals surface area (Å²) in [5.41, 5.74) is 0.805. The van der Waals surface area contributed by atoms with Crippen molar-refractivity contribution in [1.82, 2.24) is 10.6 Å². The van der Waals surface area contributed by atoms with E-state index in [9.17, 15) is 14.4 Å². The van der Waals surface area contributed by atoms with Crippen molar-refractivity contribution in [2.75, 3.05) is 13.2 Å². The Kier molecular flexibility index (Phi) is 6.31. The molecule has 3 amide bonds. The van der Waals surface area contributed by atoms with Crippen LogP contribution in [-0.2, 0) is 20.7 Å². The Bertz CT molecular complexity index is 743. The van der Waals surface area contributed by atoms with Crippen LogP contribution in [0.5, 0.6) is 0 Å². The molecule has 2 N–H and O–H groups in total. The second kappa shape index (κ2) is 8.67. The minimum atomic E-state index is -0.657. The second-order valence-corrected chi connectivity index (χ2v) is 5.32. The van der Waals surface area contributed by atoms with Gasteiger partial charge in [-0.15, -0.1) is 0 Å². The van der Waals surface area contributed by atoms with Crippen LogP contribution in [0, 0.1) is 0 Å². The first-order chi connectivity index (χ1) is 11.6. The Hall–Kier alpha value is -2.89. The third kappa shape index (κ3) is 5.39. The van der Waals surface area contributed by atoms with Crippen LogP contribution in [0.4, 0.5) is 4.79 Å². The highest BCUT2D eigenvalue weighted by Gasteiger charge is 2.11. The molecule has 126 valence electrons. The number of fused-ring (bicyclic) bond motifs is 1. The molecule has 6 nitrogen and oxygen atoms in total. The van der Waals surface area contributed by atoms with Crippen molar-refractivity contribution in [2.24, 2.45) is 0 Å². The average Bonchev–Trinajstić information content (AvgIpc) is 2.58. The Morgan fingerprint density at radius 2 is 1.79 bits per heavy atom. The molecule has 0 aliphatic heterocycles. The van der Waals surface area contributed by atoms with Gasteiger partial charge in [-0.2, -0.15) is 0 Å². The van der Waals surface area contributed by atoms with Gasteiger partial charge in [0.1, 0.15) is 0 Å². The lowest BCUT2D eigenvalue weighted by molar-refractivity contribution is -0.147. The van der Waals surface area contributed by atoms with Gasteiger partial charge in [-0.05, 0) is 22.8 Å². The van der Waals surface area contributed by atoms with Crippen molar-refractivity contribution < 1.29 is 19.1 Å². The molecule has 24 heavy (non-hydrogen) atoms. The molecule has 0 aliphatic carbocycles. The first-order valence-corrected chi connectivity index (χ1v) is 7.79. The number of rotatable bonds is 6. The van der Waals surface area contributed by atoms with Crippen molar-refractivity contribution in [3.8, 4) is 0 Å². The van der Waals surface area contributed by atoms with E-state index in [1.807, 2.05) is 49.4 Å². The predicted octanol–water partition coefficient (Wildman–Crippen LogP) is 2.16. The van der Waals surface area contributed by atoms with Gasteiger partial charge >= 0.3 is 12.0 Å². The van der Waals surface area contributed by atoms with Crippen molar-refractivity contribution in [3.63, 3.8) is 0 Å². The molecule has 0 heterocycles. The third-order valence-electron chi connectivity index (χ3n) is 3.32. The van der Waals surface area contributed by atoms with Crippen LogP contribution in [0.15, 0.2) is 42.5 Å². The van der Waals surface area contributed by atoms with Crippen LogP contribution in [0.3, 0.4) is 0 Å². The monoisotopic (exact) mass is 328 g/mol. The summed E-state index contributed by atoms with van der Waals surface area (Å²) >= 11 is 0. The topological polar surface area (TPSA) is 84.5 Å². The maximum Gasteiger partial charge on any atom is 0.321 e. The number of hydrogen-bond acceptors (Lipinski definition) is 4. The number of hydrogen-bond donors (Lipinski definition) is 2. The van der Waals surface area contributed by atoms with Crippen LogP contribution in [0.1, 0.15) is 18.9 Å². The van der Waals surface area contributed by atoms with Gasteiger partial charge in [-0.25, -0.2) is 4.79 Å². The molecular formula is C18H20N2O4. The lowest BCUT2D eigenvalue weighted by Gasteiger charge is -2.07. The molecule has 0 saturated carbocycles. The minimum absolute atomic E-state index is 0.0696. The van der Waals surface area contributed by atoms with Crippen LogP contribution in [-0.4, -0.2) is 31.1 Å². The van der Waals surface area contributed by atoms with Crippen molar-refractivity contribution in [1.29, 1.82) is 0 Å². The Labute approximate surface area is 140 Å². The number of urea groups is 1. The molecule has 0 aromatic heterocycles. The van der Waals surface area contributed by atoms with E-state index < -0.39 is 24.5 Å². The molecule has 0 radical (unpaired) electrons. The summed E-state index contributed by atoms with van der Waals surface area (Å²) in [4.78, 5) is 34.6.